The smallest absolute Gasteiger partial charge is 0.236 e. The third-order valence-corrected chi connectivity index (χ3v) is 6.05. The Labute approximate surface area is 179 Å². The number of carbonyl (C=O) groups excluding carboxylic acids is 1. The second kappa shape index (κ2) is 9.53. The maximum Gasteiger partial charge on any atom is 0.236 e. The van der Waals surface area contributed by atoms with Crippen LogP contribution >= 0.6 is 0 Å². The Balaban J connectivity index is 1.28. The van der Waals surface area contributed by atoms with Crippen LogP contribution in [0.5, 0.6) is 0 Å². The number of hydrogen-bond donors (Lipinski definition) is 0. The molecule has 2 saturated heterocycles. The molecule has 0 spiro atoms. The largest absolute Gasteiger partial charge is 0.355 e. The summed E-state index contributed by atoms with van der Waals surface area (Å²) in [5.41, 5.74) is 3.33. The van der Waals surface area contributed by atoms with E-state index in [9.17, 15) is 4.79 Å². The molecule has 0 N–H and O–H groups in total. The molecule has 2 aliphatic heterocycles. The summed E-state index contributed by atoms with van der Waals surface area (Å²) in [6.07, 6.45) is 6.27. The molecule has 7 heteroatoms. The molecule has 30 heavy (non-hydrogen) atoms. The van der Waals surface area contributed by atoms with Gasteiger partial charge in [0.2, 0.25) is 5.91 Å². The maximum atomic E-state index is 11.9. The number of piperazine rings is 1. The monoisotopic (exact) mass is 408 g/mol. The van der Waals surface area contributed by atoms with Crippen LogP contribution in [0, 0.1) is 0 Å². The maximum absolute atomic E-state index is 11.9. The molecule has 7 nitrogen and oxygen atoms in total. The number of carbonyl (C=O) groups is 1. The first-order valence-electron chi connectivity index (χ1n) is 10.9. The predicted octanol–water partition coefficient (Wildman–Crippen LogP) is 1.95. The fraction of sp³-hybridized carbons (Fsp3) is 0.522. The Kier molecular flexibility index (Phi) is 6.59. The molecule has 0 radical (unpaired) electrons. The number of likely N-dealkylation sites (N-methyl/N-ethyl adjacent to an activating group) is 1. The van der Waals surface area contributed by atoms with E-state index in [1.54, 1.807) is 4.90 Å². The van der Waals surface area contributed by atoms with Crippen LogP contribution in [0.1, 0.15) is 18.4 Å². The number of benzene rings is 1. The van der Waals surface area contributed by atoms with E-state index in [1.165, 1.54) is 18.4 Å². The first-order chi connectivity index (χ1) is 14.6. The molecule has 160 valence electrons. The minimum absolute atomic E-state index is 0.176. The molecule has 2 aromatic rings. The van der Waals surface area contributed by atoms with Crippen molar-refractivity contribution in [2.45, 2.75) is 19.4 Å². The second-order valence-electron chi connectivity index (χ2n) is 8.49. The normalized spacial score (nSPS) is 18.0. The van der Waals surface area contributed by atoms with Gasteiger partial charge in [-0.05, 0) is 18.4 Å². The van der Waals surface area contributed by atoms with Crippen molar-refractivity contribution >= 4 is 11.7 Å². The van der Waals surface area contributed by atoms with E-state index < -0.39 is 0 Å². The highest BCUT2D eigenvalue weighted by atomic mass is 16.2. The van der Waals surface area contributed by atoms with E-state index in [4.69, 9.17) is 0 Å². The summed E-state index contributed by atoms with van der Waals surface area (Å²) in [6.45, 7) is 7.50. The van der Waals surface area contributed by atoms with E-state index in [1.807, 2.05) is 26.5 Å². The number of aromatic nitrogens is 2. The lowest BCUT2D eigenvalue weighted by molar-refractivity contribution is -0.130. The zero-order chi connectivity index (χ0) is 20.9. The van der Waals surface area contributed by atoms with Crippen molar-refractivity contribution < 1.29 is 4.79 Å². The lowest BCUT2D eigenvalue weighted by Crippen LogP contribution is -2.48. The average molecular weight is 409 g/mol. The van der Waals surface area contributed by atoms with Crippen molar-refractivity contribution in [2.24, 2.45) is 0 Å². The Morgan fingerprint density at radius 3 is 2.17 bits per heavy atom. The van der Waals surface area contributed by atoms with E-state index in [2.05, 4.69) is 48.9 Å². The highest BCUT2D eigenvalue weighted by Crippen LogP contribution is 2.21. The highest BCUT2D eigenvalue weighted by molar-refractivity contribution is 5.77. The Morgan fingerprint density at radius 2 is 1.57 bits per heavy atom. The van der Waals surface area contributed by atoms with Gasteiger partial charge in [0.25, 0.3) is 0 Å². The van der Waals surface area contributed by atoms with Gasteiger partial charge < -0.3 is 9.80 Å². The van der Waals surface area contributed by atoms with E-state index in [0.717, 1.165) is 62.9 Å². The predicted molar refractivity (Wildman–Crippen MR) is 119 cm³/mol. The van der Waals surface area contributed by atoms with Gasteiger partial charge in [-0.15, -0.1) is 0 Å². The molecule has 1 aromatic carbocycles. The standard InChI is InChI=1S/C23H32N6O/c1-26(2)23(30)18-28-13-11-27(12-14-28)17-19-5-7-20(8-6-19)21-15-25-22(16-24-21)29-9-3-4-10-29/h5-8,15-16H,3-4,9-14,17-18H2,1-2H3. The fourth-order valence-corrected chi connectivity index (χ4v) is 4.06. The molecule has 0 bridgehead atoms. The quantitative estimate of drug-likeness (QED) is 0.728. The number of anilines is 1. The van der Waals surface area contributed by atoms with Crippen LogP contribution in [0.2, 0.25) is 0 Å². The van der Waals surface area contributed by atoms with Crippen LogP contribution in [-0.2, 0) is 11.3 Å². The van der Waals surface area contributed by atoms with Crippen molar-refractivity contribution in [1.82, 2.24) is 24.7 Å². The first kappa shape index (κ1) is 20.8. The molecule has 0 unspecified atom stereocenters. The zero-order valence-electron chi connectivity index (χ0n) is 18.1. The third-order valence-electron chi connectivity index (χ3n) is 6.05. The molecule has 0 saturated carbocycles. The molecular formula is C23H32N6O. The Morgan fingerprint density at radius 1 is 0.900 bits per heavy atom. The summed E-state index contributed by atoms with van der Waals surface area (Å²) in [5.74, 6) is 1.16. The summed E-state index contributed by atoms with van der Waals surface area (Å²) < 4.78 is 0. The SMILES string of the molecule is CN(C)C(=O)CN1CCN(Cc2ccc(-c3cnc(N4CCCC4)cn3)cc2)CC1. The van der Waals surface area contributed by atoms with Crippen LogP contribution < -0.4 is 4.90 Å². The molecule has 1 amide bonds. The van der Waals surface area contributed by atoms with Crippen molar-refractivity contribution in [3.05, 3.63) is 42.2 Å². The topological polar surface area (TPSA) is 55.8 Å². The minimum atomic E-state index is 0.176. The fourth-order valence-electron chi connectivity index (χ4n) is 4.06. The van der Waals surface area contributed by atoms with Gasteiger partial charge in [0, 0.05) is 65.5 Å². The first-order valence-corrected chi connectivity index (χ1v) is 10.9. The van der Waals surface area contributed by atoms with Crippen LogP contribution in [0.3, 0.4) is 0 Å². The van der Waals surface area contributed by atoms with Gasteiger partial charge in [-0.3, -0.25) is 19.6 Å². The van der Waals surface area contributed by atoms with Crippen molar-refractivity contribution in [1.29, 1.82) is 0 Å². The molecular weight excluding hydrogens is 376 g/mol. The van der Waals surface area contributed by atoms with Crippen LogP contribution in [0.4, 0.5) is 5.82 Å². The molecule has 4 rings (SSSR count). The average Bonchev–Trinajstić information content (AvgIpc) is 3.31. The van der Waals surface area contributed by atoms with Gasteiger partial charge in [0.15, 0.2) is 0 Å². The number of rotatable bonds is 6. The van der Waals surface area contributed by atoms with Gasteiger partial charge in [0.1, 0.15) is 5.82 Å². The lowest BCUT2D eigenvalue weighted by atomic mass is 10.1. The third kappa shape index (κ3) is 5.15. The van der Waals surface area contributed by atoms with E-state index >= 15 is 0 Å². The van der Waals surface area contributed by atoms with Gasteiger partial charge in [-0.2, -0.15) is 0 Å². The summed E-state index contributed by atoms with van der Waals surface area (Å²) in [4.78, 5) is 29.8. The number of amides is 1. The second-order valence-corrected chi connectivity index (χ2v) is 8.49. The highest BCUT2D eigenvalue weighted by Gasteiger charge is 2.19. The van der Waals surface area contributed by atoms with Crippen molar-refractivity contribution in [2.75, 3.05) is 64.8 Å². The zero-order valence-corrected chi connectivity index (χ0v) is 18.1. The van der Waals surface area contributed by atoms with Gasteiger partial charge in [0.05, 0.1) is 24.6 Å². The van der Waals surface area contributed by atoms with Crippen molar-refractivity contribution in [3.8, 4) is 11.3 Å². The molecule has 0 atom stereocenters. The van der Waals surface area contributed by atoms with Crippen LogP contribution in [0.15, 0.2) is 36.7 Å². The summed E-state index contributed by atoms with van der Waals surface area (Å²) in [5, 5.41) is 0. The molecule has 0 aliphatic carbocycles. The van der Waals surface area contributed by atoms with Crippen molar-refractivity contribution in [3.63, 3.8) is 0 Å². The summed E-state index contributed by atoms with van der Waals surface area (Å²) in [6, 6.07) is 8.66. The van der Waals surface area contributed by atoms with Gasteiger partial charge in [-0.1, -0.05) is 24.3 Å². The molecule has 2 fully saturated rings. The van der Waals surface area contributed by atoms with Crippen LogP contribution in [-0.4, -0.2) is 90.5 Å². The van der Waals surface area contributed by atoms with Gasteiger partial charge >= 0.3 is 0 Å². The van der Waals surface area contributed by atoms with Gasteiger partial charge in [-0.25, -0.2) is 4.98 Å². The minimum Gasteiger partial charge on any atom is -0.355 e. The van der Waals surface area contributed by atoms with E-state index in [0.29, 0.717) is 6.54 Å². The molecule has 3 heterocycles. The number of nitrogens with zero attached hydrogens (tertiary/aromatic N) is 6. The summed E-state index contributed by atoms with van der Waals surface area (Å²) in [7, 11) is 3.63. The molecule has 2 aliphatic rings. The summed E-state index contributed by atoms with van der Waals surface area (Å²) >= 11 is 0. The van der Waals surface area contributed by atoms with Crippen LogP contribution in [0.25, 0.3) is 11.3 Å². The molecule has 1 aromatic heterocycles. The van der Waals surface area contributed by atoms with E-state index in [-0.39, 0.29) is 5.91 Å². The Hall–Kier alpha value is -2.51. The lowest BCUT2D eigenvalue weighted by Gasteiger charge is -2.34. The Bertz CT molecular complexity index is 822. The number of hydrogen-bond acceptors (Lipinski definition) is 6.